The molecule has 1 N–H and O–H groups in total. The smallest absolute Gasteiger partial charge is 0.244 e. The number of hydrogen-bond donors (Lipinski definition) is 1. The topological polar surface area (TPSA) is 66.5 Å². The predicted molar refractivity (Wildman–Crippen MR) is 101 cm³/mol. The van der Waals surface area contributed by atoms with E-state index < -0.39 is 28.0 Å². The summed E-state index contributed by atoms with van der Waals surface area (Å²) in [6.45, 7) is 3.24. The minimum Gasteiger partial charge on any atom is -0.348 e. The van der Waals surface area contributed by atoms with Gasteiger partial charge in [-0.1, -0.05) is 23.7 Å². The summed E-state index contributed by atoms with van der Waals surface area (Å²) < 4.78 is 38.5. The van der Waals surface area contributed by atoms with Gasteiger partial charge in [0.15, 0.2) is 0 Å². The number of rotatable bonds is 6. The molecule has 0 heterocycles. The lowest BCUT2D eigenvalue weighted by Gasteiger charge is -2.29. The van der Waals surface area contributed by atoms with E-state index in [1.807, 2.05) is 0 Å². The third kappa shape index (κ3) is 4.95. The standard InChI is InChI=1S/C18H20ClFN2O3S/c1-12(14-4-8-16(20)9-5-14)21-18(23)13(2)22(26(3,24)25)17-10-6-15(19)7-11-17/h4-13H,1-3H3,(H,21,23). The van der Waals surface area contributed by atoms with E-state index >= 15 is 0 Å². The highest BCUT2D eigenvalue weighted by Crippen LogP contribution is 2.23. The van der Waals surface area contributed by atoms with Crippen LogP contribution in [0.2, 0.25) is 5.02 Å². The number of carbonyl (C=O) groups is 1. The molecule has 0 radical (unpaired) electrons. The van der Waals surface area contributed by atoms with Gasteiger partial charge in [0.2, 0.25) is 15.9 Å². The zero-order valence-electron chi connectivity index (χ0n) is 14.6. The third-order valence-corrected chi connectivity index (χ3v) is 5.39. The average molecular weight is 399 g/mol. The van der Waals surface area contributed by atoms with Crippen molar-refractivity contribution in [1.82, 2.24) is 5.32 Å². The van der Waals surface area contributed by atoms with Crippen LogP contribution in [-0.2, 0) is 14.8 Å². The molecule has 2 unspecified atom stereocenters. The molecule has 2 aromatic carbocycles. The van der Waals surface area contributed by atoms with Crippen LogP contribution in [0.4, 0.5) is 10.1 Å². The Morgan fingerprint density at radius 2 is 1.62 bits per heavy atom. The van der Waals surface area contributed by atoms with E-state index in [1.54, 1.807) is 31.2 Å². The van der Waals surface area contributed by atoms with Gasteiger partial charge in [0.05, 0.1) is 18.0 Å². The summed E-state index contributed by atoms with van der Waals surface area (Å²) in [5, 5.41) is 3.22. The molecular weight excluding hydrogens is 379 g/mol. The van der Waals surface area contributed by atoms with Gasteiger partial charge < -0.3 is 5.32 Å². The molecule has 0 fully saturated rings. The first-order chi connectivity index (χ1) is 12.1. The third-order valence-electron chi connectivity index (χ3n) is 3.90. The molecule has 0 aliphatic rings. The zero-order valence-corrected chi connectivity index (χ0v) is 16.2. The fourth-order valence-corrected chi connectivity index (χ4v) is 3.87. The van der Waals surface area contributed by atoms with Crippen molar-refractivity contribution in [3.8, 4) is 0 Å². The van der Waals surface area contributed by atoms with Gasteiger partial charge in [0.1, 0.15) is 11.9 Å². The zero-order chi connectivity index (χ0) is 19.5. The van der Waals surface area contributed by atoms with Crippen molar-refractivity contribution in [3.05, 3.63) is 64.9 Å². The Morgan fingerprint density at radius 1 is 1.08 bits per heavy atom. The number of nitrogens with one attached hydrogen (secondary N) is 1. The average Bonchev–Trinajstić information content (AvgIpc) is 2.56. The van der Waals surface area contributed by atoms with Crippen LogP contribution in [0.3, 0.4) is 0 Å². The summed E-state index contributed by atoms with van der Waals surface area (Å²) in [7, 11) is -3.70. The minimum absolute atomic E-state index is 0.342. The lowest BCUT2D eigenvalue weighted by atomic mass is 10.1. The van der Waals surface area contributed by atoms with Crippen LogP contribution in [0, 0.1) is 5.82 Å². The van der Waals surface area contributed by atoms with E-state index in [9.17, 15) is 17.6 Å². The first-order valence-electron chi connectivity index (χ1n) is 7.90. The monoisotopic (exact) mass is 398 g/mol. The van der Waals surface area contributed by atoms with Crippen molar-refractivity contribution in [2.75, 3.05) is 10.6 Å². The quantitative estimate of drug-likeness (QED) is 0.809. The lowest BCUT2D eigenvalue weighted by Crippen LogP contribution is -2.48. The van der Waals surface area contributed by atoms with Crippen molar-refractivity contribution in [2.45, 2.75) is 25.9 Å². The molecule has 0 aromatic heterocycles. The largest absolute Gasteiger partial charge is 0.348 e. The number of hydrogen-bond acceptors (Lipinski definition) is 3. The van der Waals surface area contributed by atoms with E-state index in [4.69, 9.17) is 11.6 Å². The number of benzene rings is 2. The summed E-state index contributed by atoms with van der Waals surface area (Å²) in [5.41, 5.74) is 1.05. The Bertz CT molecular complexity index is 870. The molecule has 2 aromatic rings. The molecule has 0 spiro atoms. The lowest BCUT2D eigenvalue weighted by molar-refractivity contribution is -0.122. The number of amides is 1. The molecule has 0 aliphatic heterocycles. The van der Waals surface area contributed by atoms with Crippen molar-refractivity contribution in [2.24, 2.45) is 0 Å². The van der Waals surface area contributed by atoms with Crippen LogP contribution in [0.25, 0.3) is 0 Å². The summed E-state index contributed by atoms with van der Waals surface area (Å²) in [4.78, 5) is 12.6. The van der Waals surface area contributed by atoms with Crippen molar-refractivity contribution in [1.29, 1.82) is 0 Å². The number of carbonyl (C=O) groups excluding carboxylic acids is 1. The van der Waals surface area contributed by atoms with Gasteiger partial charge in [-0.3, -0.25) is 9.10 Å². The molecule has 0 aliphatic carbocycles. The molecule has 1 amide bonds. The SMILES string of the molecule is CC(NC(=O)C(C)N(c1ccc(Cl)cc1)S(C)(=O)=O)c1ccc(F)cc1. The van der Waals surface area contributed by atoms with Crippen LogP contribution in [-0.4, -0.2) is 26.6 Å². The first-order valence-corrected chi connectivity index (χ1v) is 10.1. The maximum Gasteiger partial charge on any atom is 0.244 e. The molecule has 0 saturated heterocycles. The van der Waals surface area contributed by atoms with Gasteiger partial charge in [-0.25, -0.2) is 12.8 Å². The molecule has 140 valence electrons. The first kappa shape index (κ1) is 20.2. The van der Waals surface area contributed by atoms with Gasteiger partial charge in [-0.15, -0.1) is 0 Å². The fourth-order valence-electron chi connectivity index (χ4n) is 2.57. The number of nitrogens with zero attached hydrogens (tertiary/aromatic N) is 1. The van der Waals surface area contributed by atoms with Gasteiger partial charge in [-0.2, -0.15) is 0 Å². The summed E-state index contributed by atoms with van der Waals surface area (Å²) in [6.07, 6.45) is 1.04. The highest BCUT2D eigenvalue weighted by Gasteiger charge is 2.29. The molecular formula is C18H20ClFN2O3S. The normalized spacial score (nSPS) is 13.7. The van der Waals surface area contributed by atoms with E-state index in [2.05, 4.69) is 5.32 Å². The second kappa shape index (κ2) is 8.05. The van der Waals surface area contributed by atoms with Crippen LogP contribution in [0.1, 0.15) is 25.5 Å². The van der Waals surface area contributed by atoms with Crippen LogP contribution >= 0.6 is 11.6 Å². The maximum atomic E-state index is 13.0. The Balaban J connectivity index is 2.22. The molecule has 0 bridgehead atoms. The molecule has 5 nitrogen and oxygen atoms in total. The van der Waals surface area contributed by atoms with E-state index in [0.29, 0.717) is 16.3 Å². The summed E-state index contributed by atoms with van der Waals surface area (Å²) in [5.74, 6) is -0.839. The Hall–Kier alpha value is -2.12. The van der Waals surface area contributed by atoms with E-state index in [1.165, 1.54) is 31.2 Å². The Morgan fingerprint density at radius 3 is 2.12 bits per heavy atom. The van der Waals surface area contributed by atoms with Crippen molar-refractivity contribution >= 4 is 33.2 Å². The maximum absolute atomic E-state index is 13.0. The van der Waals surface area contributed by atoms with Crippen molar-refractivity contribution < 1.29 is 17.6 Å². The highest BCUT2D eigenvalue weighted by molar-refractivity contribution is 7.92. The van der Waals surface area contributed by atoms with Gasteiger partial charge in [-0.05, 0) is 55.8 Å². The van der Waals surface area contributed by atoms with Gasteiger partial charge in [0, 0.05) is 5.02 Å². The highest BCUT2D eigenvalue weighted by atomic mass is 35.5. The van der Waals surface area contributed by atoms with Gasteiger partial charge >= 0.3 is 0 Å². The molecule has 2 rings (SSSR count). The molecule has 26 heavy (non-hydrogen) atoms. The fraction of sp³-hybridized carbons (Fsp3) is 0.278. The van der Waals surface area contributed by atoms with Crippen LogP contribution in [0.5, 0.6) is 0 Å². The van der Waals surface area contributed by atoms with Gasteiger partial charge in [0.25, 0.3) is 0 Å². The summed E-state index contributed by atoms with van der Waals surface area (Å²) in [6, 6.07) is 10.5. The Labute approximate surface area is 157 Å². The van der Waals surface area contributed by atoms with Crippen LogP contribution in [0.15, 0.2) is 48.5 Å². The van der Waals surface area contributed by atoms with E-state index in [-0.39, 0.29) is 5.82 Å². The minimum atomic E-state index is -3.70. The predicted octanol–water partition coefficient (Wildman–Crippen LogP) is 3.51. The second-order valence-electron chi connectivity index (χ2n) is 5.99. The molecule has 2 atom stereocenters. The summed E-state index contributed by atoms with van der Waals surface area (Å²) >= 11 is 5.85. The number of halogens is 2. The van der Waals surface area contributed by atoms with Crippen LogP contribution < -0.4 is 9.62 Å². The molecule has 8 heteroatoms. The van der Waals surface area contributed by atoms with E-state index in [0.717, 1.165) is 10.6 Å². The molecule has 0 saturated carbocycles. The Kier molecular flexibility index (Phi) is 6.26. The van der Waals surface area contributed by atoms with Crippen molar-refractivity contribution in [3.63, 3.8) is 0 Å². The number of anilines is 1. The number of sulfonamides is 1. The second-order valence-corrected chi connectivity index (χ2v) is 8.29.